The number of methoxy groups -OCH3 is 1. The molecule has 2 aromatic rings. The number of hydrogen-bond donors (Lipinski definition) is 1. The van der Waals surface area contributed by atoms with Crippen molar-refractivity contribution in [3.05, 3.63) is 36.3 Å². The highest BCUT2D eigenvalue weighted by Gasteiger charge is 2.50. The van der Waals surface area contributed by atoms with Gasteiger partial charge in [0, 0.05) is 23.8 Å². The second-order valence-corrected chi connectivity index (χ2v) is 7.09. The molecular weight excluding hydrogens is 318 g/mol. The third-order valence-electron chi connectivity index (χ3n) is 5.12. The van der Waals surface area contributed by atoms with Crippen molar-refractivity contribution in [3.8, 4) is 5.75 Å². The van der Waals surface area contributed by atoms with Gasteiger partial charge in [-0.05, 0) is 32.8 Å². The van der Waals surface area contributed by atoms with Crippen LogP contribution in [0, 0.1) is 0 Å². The lowest BCUT2D eigenvalue weighted by Gasteiger charge is -2.41. The van der Waals surface area contributed by atoms with E-state index in [-0.39, 0.29) is 18.0 Å². The van der Waals surface area contributed by atoms with Crippen LogP contribution in [0.5, 0.6) is 5.75 Å². The molecule has 1 N–H and O–H groups in total. The summed E-state index contributed by atoms with van der Waals surface area (Å²) in [6.07, 6.45) is 6.73. The van der Waals surface area contributed by atoms with E-state index in [0.29, 0.717) is 11.7 Å². The number of carbonyl (C=O) groups excluding carboxylic acids is 1. The average molecular weight is 339 g/mol. The quantitative estimate of drug-likeness (QED) is 0.919. The summed E-state index contributed by atoms with van der Waals surface area (Å²) in [5.74, 6) is 2.15. The van der Waals surface area contributed by atoms with Gasteiger partial charge in [0.2, 0.25) is 11.9 Å². The number of hydrogen-bond acceptors (Lipinski definition) is 6. The highest BCUT2D eigenvalue weighted by molar-refractivity contribution is 6.07. The lowest BCUT2D eigenvalue weighted by molar-refractivity contribution is -0.122. The Kier molecular flexibility index (Phi) is 3.59. The van der Waals surface area contributed by atoms with Crippen LogP contribution in [0.15, 0.2) is 30.7 Å². The number of rotatable bonds is 4. The van der Waals surface area contributed by atoms with Gasteiger partial charge < -0.3 is 10.1 Å². The zero-order chi connectivity index (χ0) is 17.6. The zero-order valence-corrected chi connectivity index (χ0v) is 14.6. The number of fused-ring (bicyclic) bond motifs is 1. The van der Waals surface area contributed by atoms with Crippen molar-refractivity contribution < 1.29 is 9.53 Å². The van der Waals surface area contributed by atoms with E-state index in [2.05, 4.69) is 20.3 Å². The third-order valence-corrected chi connectivity index (χ3v) is 5.12. The van der Waals surface area contributed by atoms with E-state index in [1.54, 1.807) is 25.7 Å². The summed E-state index contributed by atoms with van der Waals surface area (Å²) in [4.78, 5) is 27.7. The maximum absolute atomic E-state index is 12.9. The van der Waals surface area contributed by atoms with Crippen molar-refractivity contribution in [2.24, 2.45) is 0 Å². The zero-order valence-electron chi connectivity index (χ0n) is 14.6. The molecule has 1 aliphatic carbocycles. The molecule has 3 heterocycles. The van der Waals surface area contributed by atoms with Gasteiger partial charge in [0.15, 0.2) is 5.75 Å². The predicted molar refractivity (Wildman–Crippen MR) is 93.8 cm³/mol. The molecule has 0 spiro atoms. The molecule has 7 heteroatoms. The van der Waals surface area contributed by atoms with Crippen molar-refractivity contribution in [2.75, 3.05) is 17.3 Å². The van der Waals surface area contributed by atoms with Crippen LogP contribution < -0.4 is 15.0 Å². The van der Waals surface area contributed by atoms with Crippen molar-refractivity contribution in [3.63, 3.8) is 0 Å². The SMILES string of the molecule is COc1cnc(N[C@H]2C[C@H](N3C(=O)C(C)(C)c4cccnc43)C2)nc1. The first-order chi connectivity index (χ1) is 12.0. The van der Waals surface area contributed by atoms with Crippen LogP contribution >= 0.6 is 0 Å². The summed E-state index contributed by atoms with van der Waals surface area (Å²) in [6, 6.07) is 4.31. The highest BCUT2D eigenvalue weighted by Crippen LogP contribution is 2.44. The molecule has 0 atom stereocenters. The van der Waals surface area contributed by atoms with Gasteiger partial charge in [-0.1, -0.05) is 6.07 Å². The maximum Gasteiger partial charge on any atom is 0.238 e. The first kappa shape index (κ1) is 15.8. The molecule has 0 radical (unpaired) electrons. The molecule has 0 saturated heterocycles. The first-order valence-corrected chi connectivity index (χ1v) is 8.42. The summed E-state index contributed by atoms with van der Waals surface area (Å²) in [6.45, 7) is 3.94. The summed E-state index contributed by atoms with van der Waals surface area (Å²) in [5, 5.41) is 3.31. The van der Waals surface area contributed by atoms with Gasteiger partial charge in [-0.15, -0.1) is 0 Å². The Labute approximate surface area is 146 Å². The van der Waals surface area contributed by atoms with Gasteiger partial charge in [0.1, 0.15) is 5.82 Å². The Hall–Kier alpha value is -2.70. The van der Waals surface area contributed by atoms with E-state index in [4.69, 9.17) is 4.74 Å². The molecule has 1 amide bonds. The van der Waals surface area contributed by atoms with Crippen LogP contribution in [0.25, 0.3) is 0 Å². The highest BCUT2D eigenvalue weighted by atomic mass is 16.5. The van der Waals surface area contributed by atoms with E-state index < -0.39 is 5.41 Å². The molecule has 7 nitrogen and oxygen atoms in total. The Morgan fingerprint density at radius 1 is 1.24 bits per heavy atom. The molecule has 1 aliphatic heterocycles. The largest absolute Gasteiger partial charge is 0.494 e. The fourth-order valence-electron chi connectivity index (χ4n) is 3.52. The fourth-order valence-corrected chi connectivity index (χ4v) is 3.52. The molecule has 1 saturated carbocycles. The average Bonchev–Trinajstić information content (AvgIpc) is 2.79. The van der Waals surface area contributed by atoms with Crippen molar-refractivity contribution in [1.82, 2.24) is 15.0 Å². The molecule has 130 valence electrons. The molecule has 4 rings (SSSR count). The van der Waals surface area contributed by atoms with Crippen molar-refractivity contribution in [1.29, 1.82) is 0 Å². The summed E-state index contributed by atoms with van der Waals surface area (Å²) in [5.41, 5.74) is 0.496. The van der Waals surface area contributed by atoms with E-state index >= 15 is 0 Å². The van der Waals surface area contributed by atoms with Crippen LogP contribution in [-0.4, -0.2) is 40.1 Å². The number of nitrogens with one attached hydrogen (secondary N) is 1. The molecular formula is C18H21N5O2. The topological polar surface area (TPSA) is 80.2 Å². The monoisotopic (exact) mass is 339 g/mol. The number of carbonyl (C=O) groups is 1. The molecule has 1 fully saturated rings. The Balaban J connectivity index is 1.44. The van der Waals surface area contributed by atoms with E-state index in [1.165, 1.54) is 0 Å². The third kappa shape index (κ3) is 2.50. The minimum Gasteiger partial charge on any atom is -0.494 e. The predicted octanol–water partition coefficient (Wildman–Crippen LogP) is 2.15. The second kappa shape index (κ2) is 5.68. The maximum atomic E-state index is 12.9. The van der Waals surface area contributed by atoms with E-state index in [0.717, 1.165) is 24.2 Å². The van der Waals surface area contributed by atoms with Crippen LogP contribution in [0.4, 0.5) is 11.8 Å². The number of nitrogens with zero attached hydrogens (tertiary/aromatic N) is 4. The van der Waals surface area contributed by atoms with Crippen LogP contribution in [0.3, 0.4) is 0 Å². The summed E-state index contributed by atoms with van der Waals surface area (Å²) < 4.78 is 5.06. The lowest BCUT2D eigenvalue weighted by atomic mass is 9.84. The standard InChI is InChI=1S/C18H21N5O2/c1-18(2)14-5-4-6-19-15(14)23(16(18)24)12-7-11(8-12)22-17-20-9-13(25-3)10-21-17/h4-6,9-12H,7-8H2,1-3H3,(H,20,21,22)/t11-,12-. The Morgan fingerprint density at radius 2 is 1.96 bits per heavy atom. The number of amides is 1. The van der Waals surface area contributed by atoms with Crippen LogP contribution in [-0.2, 0) is 10.2 Å². The second-order valence-electron chi connectivity index (χ2n) is 7.09. The minimum atomic E-state index is -0.513. The van der Waals surface area contributed by atoms with Gasteiger partial charge in [0.05, 0.1) is 24.9 Å². The fraction of sp³-hybridized carbons (Fsp3) is 0.444. The molecule has 2 aromatic heterocycles. The van der Waals surface area contributed by atoms with Crippen molar-refractivity contribution >= 4 is 17.7 Å². The number of aromatic nitrogens is 3. The molecule has 2 aliphatic rings. The van der Waals surface area contributed by atoms with E-state index in [1.807, 2.05) is 30.9 Å². The Bertz CT molecular complexity index is 799. The normalized spacial score (nSPS) is 23.8. The van der Waals surface area contributed by atoms with Crippen molar-refractivity contribution in [2.45, 2.75) is 44.2 Å². The summed E-state index contributed by atoms with van der Waals surface area (Å²) >= 11 is 0. The van der Waals surface area contributed by atoms with Gasteiger partial charge >= 0.3 is 0 Å². The smallest absolute Gasteiger partial charge is 0.238 e. The number of anilines is 2. The Morgan fingerprint density at radius 3 is 2.64 bits per heavy atom. The van der Waals surface area contributed by atoms with Gasteiger partial charge in [0.25, 0.3) is 0 Å². The molecule has 25 heavy (non-hydrogen) atoms. The molecule has 0 unspecified atom stereocenters. The number of pyridine rings is 1. The van der Waals surface area contributed by atoms with E-state index in [9.17, 15) is 4.79 Å². The molecule has 0 bridgehead atoms. The lowest BCUT2D eigenvalue weighted by Crippen LogP contribution is -2.53. The molecule has 0 aromatic carbocycles. The number of ether oxygens (including phenoxy) is 1. The minimum absolute atomic E-state index is 0.130. The van der Waals surface area contributed by atoms with Crippen LogP contribution in [0.2, 0.25) is 0 Å². The first-order valence-electron chi connectivity index (χ1n) is 8.42. The summed E-state index contributed by atoms with van der Waals surface area (Å²) in [7, 11) is 1.59. The van der Waals surface area contributed by atoms with Gasteiger partial charge in [-0.3, -0.25) is 9.69 Å². The van der Waals surface area contributed by atoms with Gasteiger partial charge in [-0.2, -0.15) is 0 Å². The van der Waals surface area contributed by atoms with Gasteiger partial charge in [-0.25, -0.2) is 15.0 Å². The van der Waals surface area contributed by atoms with Crippen LogP contribution in [0.1, 0.15) is 32.3 Å².